The first-order valence-corrected chi connectivity index (χ1v) is 11.1. The van der Waals surface area contributed by atoms with Gasteiger partial charge < -0.3 is 9.47 Å². The van der Waals surface area contributed by atoms with E-state index >= 15 is 0 Å². The Bertz CT molecular complexity index is 1130. The lowest BCUT2D eigenvalue weighted by Gasteiger charge is -2.11. The van der Waals surface area contributed by atoms with Gasteiger partial charge in [0.25, 0.3) is 0 Å². The third-order valence-electron chi connectivity index (χ3n) is 4.58. The zero-order valence-electron chi connectivity index (χ0n) is 16.6. The summed E-state index contributed by atoms with van der Waals surface area (Å²) < 4.78 is 13.6. The summed E-state index contributed by atoms with van der Waals surface area (Å²) in [5, 5.41) is 9.82. The fourth-order valence-electron chi connectivity index (χ4n) is 3.05. The molecule has 30 heavy (non-hydrogen) atoms. The summed E-state index contributed by atoms with van der Waals surface area (Å²) in [7, 11) is 3.32. The molecule has 3 aromatic carbocycles. The van der Waals surface area contributed by atoms with E-state index in [4.69, 9.17) is 9.47 Å². The Morgan fingerprint density at radius 2 is 1.67 bits per heavy atom. The second-order valence-corrected chi connectivity index (χ2v) is 8.26. The summed E-state index contributed by atoms with van der Waals surface area (Å²) in [5.74, 6) is 3.18. The normalized spacial score (nSPS) is 10.8. The SMILES string of the molecule is COc1ccc(-c2nnc(SCc3ccc(OC)c(Br)c3)n2-c2ccccc2)cc1. The summed E-state index contributed by atoms with van der Waals surface area (Å²) in [4.78, 5) is 0. The summed E-state index contributed by atoms with van der Waals surface area (Å²) in [6.07, 6.45) is 0. The number of hydrogen-bond acceptors (Lipinski definition) is 5. The molecule has 1 heterocycles. The van der Waals surface area contributed by atoms with Crippen molar-refractivity contribution in [3.05, 3.63) is 82.8 Å². The molecule has 0 aliphatic rings. The number of para-hydroxylation sites is 1. The van der Waals surface area contributed by atoms with Crippen molar-refractivity contribution in [3.63, 3.8) is 0 Å². The van der Waals surface area contributed by atoms with Crippen LogP contribution in [0.3, 0.4) is 0 Å². The number of benzene rings is 3. The van der Waals surface area contributed by atoms with Gasteiger partial charge in [-0.25, -0.2) is 0 Å². The van der Waals surface area contributed by atoms with Gasteiger partial charge in [0.05, 0.1) is 18.7 Å². The predicted octanol–water partition coefficient (Wildman–Crippen LogP) is 6.01. The summed E-state index contributed by atoms with van der Waals surface area (Å²) in [6.45, 7) is 0. The number of nitrogens with zero attached hydrogens (tertiary/aromatic N) is 3. The highest BCUT2D eigenvalue weighted by atomic mass is 79.9. The van der Waals surface area contributed by atoms with Crippen LogP contribution in [0.1, 0.15) is 5.56 Å². The standard InChI is InChI=1S/C23H20BrN3O2S/c1-28-19-11-9-17(10-12-19)22-25-26-23(27(22)18-6-4-3-5-7-18)30-15-16-8-13-21(29-2)20(24)14-16/h3-14H,15H2,1-2H3. The first-order valence-electron chi connectivity index (χ1n) is 9.30. The quantitative estimate of drug-likeness (QED) is 0.302. The summed E-state index contributed by atoms with van der Waals surface area (Å²) >= 11 is 5.20. The van der Waals surface area contributed by atoms with E-state index in [1.54, 1.807) is 26.0 Å². The molecule has 7 heteroatoms. The number of thioether (sulfide) groups is 1. The molecule has 0 aliphatic carbocycles. The number of ether oxygens (including phenoxy) is 2. The second-order valence-electron chi connectivity index (χ2n) is 6.46. The fourth-order valence-corrected chi connectivity index (χ4v) is 4.53. The van der Waals surface area contributed by atoms with E-state index in [9.17, 15) is 0 Å². The van der Waals surface area contributed by atoms with Gasteiger partial charge in [-0.15, -0.1) is 10.2 Å². The van der Waals surface area contributed by atoms with Crippen LogP contribution in [0.2, 0.25) is 0 Å². The van der Waals surface area contributed by atoms with Crippen LogP contribution in [0.5, 0.6) is 11.5 Å². The Morgan fingerprint density at radius 1 is 0.900 bits per heavy atom. The van der Waals surface area contributed by atoms with Crippen LogP contribution in [0, 0.1) is 0 Å². The van der Waals surface area contributed by atoms with Crippen molar-refractivity contribution in [1.29, 1.82) is 0 Å². The number of rotatable bonds is 7. The molecule has 4 aromatic rings. The minimum atomic E-state index is 0.760. The lowest BCUT2D eigenvalue weighted by atomic mass is 10.2. The minimum absolute atomic E-state index is 0.760. The number of hydrogen-bond donors (Lipinski definition) is 0. The van der Waals surface area contributed by atoms with Crippen LogP contribution in [0.15, 0.2) is 82.4 Å². The molecule has 5 nitrogen and oxygen atoms in total. The molecule has 0 unspecified atom stereocenters. The van der Waals surface area contributed by atoms with E-state index in [1.165, 1.54) is 5.56 Å². The van der Waals surface area contributed by atoms with E-state index in [2.05, 4.69) is 55.0 Å². The lowest BCUT2D eigenvalue weighted by molar-refractivity contribution is 0.412. The Kier molecular flexibility index (Phi) is 6.40. The molecule has 0 saturated carbocycles. The number of methoxy groups -OCH3 is 2. The minimum Gasteiger partial charge on any atom is -0.497 e. The van der Waals surface area contributed by atoms with Crippen LogP contribution >= 0.6 is 27.7 Å². The van der Waals surface area contributed by atoms with Gasteiger partial charge in [-0.05, 0) is 70.0 Å². The van der Waals surface area contributed by atoms with Gasteiger partial charge in [-0.1, -0.05) is 36.0 Å². The van der Waals surface area contributed by atoms with E-state index in [0.29, 0.717) is 0 Å². The van der Waals surface area contributed by atoms with Gasteiger partial charge in [0.1, 0.15) is 11.5 Å². The van der Waals surface area contributed by atoms with E-state index in [0.717, 1.165) is 44.0 Å². The highest BCUT2D eigenvalue weighted by Crippen LogP contribution is 2.32. The van der Waals surface area contributed by atoms with Crippen molar-refractivity contribution >= 4 is 27.7 Å². The molecule has 0 N–H and O–H groups in total. The highest BCUT2D eigenvalue weighted by molar-refractivity contribution is 9.10. The van der Waals surface area contributed by atoms with Crippen LogP contribution in [0.25, 0.3) is 17.1 Å². The smallest absolute Gasteiger partial charge is 0.196 e. The van der Waals surface area contributed by atoms with E-state index < -0.39 is 0 Å². The van der Waals surface area contributed by atoms with Gasteiger partial charge in [0.15, 0.2) is 11.0 Å². The van der Waals surface area contributed by atoms with Crippen molar-refractivity contribution in [2.75, 3.05) is 14.2 Å². The van der Waals surface area contributed by atoms with Gasteiger partial charge in [-0.2, -0.15) is 0 Å². The maximum absolute atomic E-state index is 5.32. The first kappa shape index (κ1) is 20.5. The predicted molar refractivity (Wildman–Crippen MR) is 124 cm³/mol. The third-order valence-corrected chi connectivity index (χ3v) is 6.20. The van der Waals surface area contributed by atoms with Crippen molar-refractivity contribution in [1.82, 2.24) is 14.8 Å². The molecule has 0 aliphatic heterocycles. The van der Waals surface area contributed by atoms with Crippen molar-refractivity contribution in [2.45, 2.75) is 10.9 Å². The van der Waals surface area contributed by atoms with Crippen LogP contribution in [0.4, 0.5) is 0 Å². The average Bonchev–Trinajstić information content (AvgIpc) is 3.22. The van der Waals surface area contributed by atoms with Gasteiger partial charge in [0, 0.05) is 17.0 Å². The first-order chi connectivity index (χ1) is 14.7. The highest BCUT2D eigenvalue weighted by Gasteiger charge is 2.16. The van der Waals surface area contributed by atoms with Gasteiger partial charge >= 0.3 is 0 Å². The van der Waals surface area contributed by atoms with Gasteiger partial charge in [0.2, 0.25) is 0 Å². The molecule has 0 saturated heterocycles. The van der Waals surface area contributed by atoms with Gasteiger partial charge in [-0.3, -0.25) is 4.57 Å². The molecule has 152 valence electrons. The van der Waals surface area contributed by atoms with Crippen LogP contribution in [-0.2, 0) is 5.75 Å². The third kappa shape index (κ3) is 4.37. The molecule has 0 spiro atoms. The molecule has 0 radical (unpaired) electrons. The molecular formula is C23H20BrN3O2S. The average molecular weight is 482 g/mol. The molecule has 1 aromatic heterocycles. The lowest BCUT2D eigenvalue weighted by Crippen LogP contribution is -1.99. The molecule has 0 amide bonds. The van der Waals surface area contributed by atoms with Crippen LogP contribution in [-0.4, -0.2) is 29.0 Å². The van der Waals surface area contributed by atoms with Crippen molar-refractivity contribution in [3.8, 4) is 28.6 Å². The monoisotopic (exact) mass is 481 g/mol. The molecule has 4 rings (SSSR count). The Morgan fingerprint density at radius 3 is 2.33 bits per heavy atom. The maximum atomic E-state index is 5.32. The Labute approximate surface area is 188 Å². The maximum Gasteiger partial charge on any atom is 0.196 e. The second kappa shape index (κ2) is 9.36. The molecule has 0 fully saturated rings. The van der Waals surface area contributed by atoms with Crippen LogP contribution < -0.4 is 9.47 Å². The topological polar surface area (TPSA) is 49.2 Å². The fraction of sp³-hybridized carbons (Fsp3) is 0.130. The summed E-state index contributed by atoms with van der Waals surface area (Å²) in [6, 6.07) is 24.1. The molecular weight excluding hydrogens is 462 g/mol. The summed E-state index contributed by atoms with van der Waals surface area (Å²) in [5.41, 5.74) is 3.17. The van der Waals surface area contributed by atoms with E-state index in [-0.39, 0.29) is 0 Å². The Balaban J connectivity index is 1.67. The van der Waals surface area contributed by atoms with Crippen molar-refractivity contribution in [2.24, 2.45) is 0 Å². The zero-order valence-corrected chi connectivity index (χ0v) is 19.0. The molecule has 0 bridgehead atoms. The Hall–Kier alpha value is -2.77. The van der Waals surface area contributed by atoms with Crippen molar-refractivity contribution < 1.29 is 9.47 Å². The number of halogens is 1. The number of aromatic nitrogens is 3. The largest absolute Gasteiger partial charge is 0.497 e. The van der Waals surface area contributed by atoms with E-state index in [1.807, 2.05) is 48.5 Å². The molecule has 0 atom stereocenters. The zero-order chi connectivity index (χ0) is 20.9.